The Morgan fingerprint density at radius 1 is 1.42 bits per heavy atom. The molecule has 0 aliphatic rings. The highest BCUT2D eigenvalue weighted by atomic mass is 15.2. The minimum Gasteiger partial charge on any atom is -0.360 e. The molecule has 0 radical (unpaired) electrons. The van der Waals surface area contributed by atoms with E-state index in [0.717, 1.165) is 12.3 Å². The van der Waals surface area contributed by atoms with Gasteiger partial charge in [0.2, 0.25) is 0 Å². The zero-order valence-electron chi connectivity index (χ0n) is 9.23. The summed E-state index contributed by atoms with van der Waals surface area (Å²) in [6.07, 6.45) is 0.816. The van der Waals surface area contributed by atoms with Gasteiger partial charge in [-0.2, -0.15) is 0 Å². The minimum atomic E-state index is 0.246. The van der Waals surface area contributed by atoms with E-state index in [4.69, 9.17) is 5.41 Å². The second kappa shape index (κ2) is 3.92. The van der Waals surface area contributed by atoms with Crippen molar-refractivity contribution in [2.75, 3.05) is 7.05 Å². The van der Waals surface area contributed by atoms with Crippen molar-refractivity contribution >= 4 is 5.84 Å². The van der Waals surface area contributed by atoms with E-state index in [1.54, 1.807) is 0 Å². The van der Waals surface area contributed by atoms with Gasteiger partial charge in [0.1, 0.15) is 0 Å². The zero-order valence-corrected chi connectivity index (χ0v) is 9.23. The fraction of sp³-hybridized carbons (Fsp3) is 0.900. The molecule has 0 aliphatic heterocycles. The molecule has 2 heteroatoms. The molecule has 0 spiro atoms. The van der Waals surface area contributed by atoms with Crippen molar-refractivity contribution in [3.05, 3.63) is 0 Å². The van der Waals surface area contributed by atoms with Gasteiger partial charge in [-0.15, -0.1) is 0 Å². The van der Waals surface area contributed by atoms with Gasteiger partial charge in [0.25, 0.3) is 0 Å². The van der Waals surface area contributed by atoms with Crippen molar-refractivity contribution < 1.29 is 0 Å². The predicted molar refractivity (Wildman–Crippen MR) is 54.7 cm³/mol. The van der Waals surface area contributed by atoms with Gasteiger partial charge < -0.3 is 4.90 Å². The summed E-state index contributed by atoms with van der Waals surface area (Å²) in [6, 6.07) is 0.421. The van der Waals surface area contributed by atoms with Crippen LogP contribution in [0.25, 0.3) is 0 Å². The van der Waals surface area contributed by atoms with Gasteiger partial charge in [-0.05, 0) is 12.3 Å². The average molecular weight is 170 g/mol. The second-order valence-corrected chi connectivity index (χ2v) is 4.45. The second-order valence-electron chi connectivity index (χ2n) is 4.45. The fourth-order valence-corrected chi connectivity index (χ4v) is 1.06. The molecule has 72 valence electrons. The molecule has 0 bridgehead atoms. The Kier molecular flexibility index (Phi) is 3.75. The predicted octanol–water partition coefficient (Wildman–Crippen LogP) is 2.74. The molecule has 0 aliphatic carbocycles. The van der Waals surface area contributed by atoms with Crippen LogP contribution in [0.15, 0.2) is 0 Å². The van der Waals surface area contributed by atoms with Gasteiger partial charge in [-0.1, -0.05) is 27.7 Å². The van der Waals surface area contributed by atoms with Crippen molar-refractivity contribution in [3.8, 4) is 0 Å². The largest absolute Gasteiger partial charge is 0.360 e. The number of hydrogen-bond acceptors (Lipinski definition) is 1. The molecule has 0 amide bonds. The van der Waals surface area contributed by atoms with E-state index >= 15 is 0 Å². The van der Waals surface area contributed by atoms with Crippen LogP contribution < -0.4 is 0 Å². The van der Waals surface area contributed by atoms with Crippen molar-refractivity contribution in [1.29, 1.82) is 5.41 Å². The first kappa shape index (κ1) is 11.5. The molecule has 0 fully saturated rings. The zero-order chi connectivity index (χ0) is 9.94. The lowest BCUT2D eigenvalue weighted by atomic mass is 9.87. The number of amidine groups is 1. The first-order chi connectivity index (χ1) is 5.30. The lowest BCUT2D eigenvalue weighted by molar-refractivity contribution is 0.205. The normalized spacial score (nSPS) is 14.2. The molecule has 0 aromatic heterocycles. The topological polar surface area (TPSA) is 27.1 Å². The third-order valence-corrected chi connectivity index (χ3v) is 2.59. The van der Waals surface area contributed by atoms with Crippen LogP contribution in [0.4, 0.5) is 0 Å². The maximum atomic E-state index is 7.68. The van der Waals surface area contributed by atoms with Crippen molar-refractivity contribution in [3.63, 3.8) is 0 Å². The van der Waals surface area contributed by atoms with E-state index in [2.05, 4.69) is 32.6 Å². The Morgan fingerprint density at radius 3 is 2.08 bits per heavy atom. The maximum absolute atomic E-state index is 7.68. The Balaban J connectivity index is 4.29. The summed E-state index contributed by atoms with van der Waals surface area (Å²) in [5.74, 6) is 0.720. The van der Waals surface area contributed by atoms with Crippen LogP contribution in [-0.2, 0) is 0 Å². The van der Waals surface area contributed by atoms with Gasteiger partial charge in [-0.3, -0.25) is 5.41 Å². The van der Waals surface area contributed by atoms with E-state index < -0.39 is 0 Å². The highest BCUT2D eigenvalue weighted by Crippen LogP contribution is 2.23. The summed E-state index contributed by atoms with van der Waals surface area (Å²) in [7, 11) is 2.00. The molecule has 1 N–H and O–H groups in total. The van der Waals surface area contributed by atoms with E-state index in [1.807, 2.05) is 14.0 Å². The molecule has 1 atom stereocenters. The molecule has 12 heavy (non-hydrogen) atoms. The quantitative estimate of drug-likeness (QED) is 0.500. The Labute approximate surface area is 76.5 Å². The van der Waals surface area contributed by atoms with Crippen molar-refractivity contribution in [1.82, 2.24) is 4.90 Å². The average Bonchev–Trinajstić information content (AvgIpc) is 1.98. The van der Waals surface area contributed by atoms with E-state index in [1.165, 1.54) is 0 Å². The SMILES string of the molecule is CCC(=N)N(C)C(C)C(C)(C)C. The molecule has 2 nitrogen and oxygen atoms in total. The molecule has 0 aromatic rings. The number of rotatable bonds is 2. The summed E-state index contributed by atoms with van der Waals surface area (Å²) in [5.41, 5.74) is 0.246. The third-order valence-electron chi connectivity index (χ3n) is 2.59. The van der Waals surface area contributed by atoms with Crippen LogP contribution in [0, 0.1) is 10.8 Å². The van der Waals surface area contributed by atoms with Gasteiger partial charge in [0, 0.05) is 19.5 Å². The van der Waals surface area contributed by atoms with Gasteiger partial charge in [0.05, 0.1) is 5.84 Å². The number of hydrogen-bond donors (Lipinski definition) is 1. The summed E-state index contributed by atoms with van der Waals surface area (Å²) >= 11 is 0. The van der Waals surface area contributed by atoms with Gasteiger partial charge in [-0.25, -0.2) is 0 Å². The van der Waals surface area contributed by atoms with E-state index in [0.29, 0.717) is 6.04 Å². The van der Waals surface area contributed by atoms with Gasteiger partial charge >= 0.3 is 0 Å². The first-order valence-electron chi connectivity index (χ1n) is 4.61. The van der Waals surface area contributed by atoms with Crippen LogP contribution in [-0.4, -0.2) is 23.8 Å². The van der Waals surface area contributed by atoms with Crippen LogP contribution in [0.5, 0.6) is 0 Å². The van der Waals surface area contributed by atoms with Crippen molar-refractivity contribution in [2.45, 2.75) is 47.1 Å². The highest BCUT2D eigenvalue weighted by Gasteiger charge is 2.24. The molecule has 0 heterocycles. The summed E-state index contributed by atoms with van der Waals surface area (Å²) < 4.78 is 0. The lowest BCUT2D eigenvalue weighted by Crippen LogP contribution is -2.42. The summed E-state index contributed by atoms with van der Waals surface area (Å²) in [6.45, 7) is 10.8. The Bertz CT molecular complexity index is 156. The Morgan fingerprint density at radius 2 is 1.83 bits per heavy atom. The Hall–Kier alpha value is -0.530. The maximum Gasteiger partial charge on any atom is 0.0954 e. The molecule has 0 saturated heterocycles. The lowest BCUT2D eigenvalue weighted by Gasteiger charge is -2.36. The fourth-order valence-electron chi connectivity index (χ4n) is 1.06. The van der Waals surface area contributed by atoms with Crippen LogP contribution >= 0.6 is 0 Å². The molecule has 1 unspecified atom stereocenters. The van der Waals surface area contributed by atoms with Gasteiger partial charge in [0.15, 0.2) is 0 Å². The van der Waals surface area contributed by atoms with Crippen LogP contribution in [0.2, 0.25) is 0 Å². The molecule has 0 aromatic carbocycles. The smallest absolute Gasteiger partial charge is 0.0954 e. The van der Waals surface area contributed by atoms with E-state index in [9.17, 15) is 0 Å². The monoisotopic (exact) mass is 170 g/mol. The van der Waals surface area contributed by atoms with Crippen molar-refractivity contribution in [2.24, 2.45) is 5.41 Å². The van der Waals surface area contributed by atoms with E-state index in [-0.39, 0.29) is 5.41 Å². The standard InChI is InChI=1S/C10H22N2/c1-7-9(11)12(6)8(2)10(3,4)5/h8,11H,7H2,1-6H3. The number of nitrogens with one attached hydrogen (secondary N) is 1. The van der Waals surface area contributed by atoms with Crippen LogP contribution in [0.1, 0.15) is 41.0 Å². The van der Waals surface area contributed by atoms with Crippen LogP contribution in [0.3, 0.4) is 0 Å². The molecular weight excluding hydrogens is 148 g/mol. The molecular formula is C10H22N2. The molecule has 0 rings (SSSR count). The minimum absolute atomic E-state index is 0.246. The summed E-state index contributed by atoms with van der Waals surface area (Å²) in [5, 5.41) is 7.68. The summed E-state index contributed by atoms with van der Waals surface area (Å²) in [4.78, 5) is 2.06. The first-order valence-corrected chi connectivity index (χ1v) is 4.61. The highest BCUT2D eigenvalue weighted by molar-refractivity contribution is 5.78. The molecule has 0 saturated carbocycles. The third kappa shape index (κ3) is 2.84. The number of nitrogens with zero attached hydrogens (tertiary/aromatic N) is 1.